The Morgan fingerprint density at radius 1 is 0.917 bits per heavy atom. The summed E-state index contributed by atoms with van der Waals surface area (Å²) in [6, 6.07) is 9.86. The number of nitrogens with one attached hydrogen (secondary N) is 1. The second-order valence-electron chi connectivity index (χ2n) is 4.74. The molecule has 24 heavy (non-hydrogen) atoms. The highest BCUT2D eigenvalue weighted by molar-refractivity contribution is 6.05. The first-order chi connectivity index (χ1) is 11.3. The highest BCUT2D eigenvalue weighted by atomic mass is 16.4. The van der Waals surface area contributed by atoms with Crippen molar-refractivity contribution in [2.75, 3.05) is 11.1 Å². The molecule has 2 aromatic rings. The number of rotatable bonds is 3. The van der Waals surface area contributed by atoms with Crippen LogP contribution in [0.4, 0.5) is 11.4 Å². The predicted molar refractivity (Wildman–Crippen MR) is 86.7 cm³/mol. The maximum Gasteiger partial charge on any atom is 0.335 e. The molecule has 0 radical (unpaired) electrons. The second-order valence-corrected chi connectivity index (χ2v) is 4.74. The number of nitrogens with two attached hydrogens (primary N) is 1. The normalized spacial score (nSPS) is 9.50. The first-order valence-corrected chi connectivity index (χ1v) is 6.65. The summed E-state index contributed by atoms with van der Waals surface area (Å²) >= 11 is 0. The van der Waals surface area contributed by atoms with E-state index in [4.69, 9.17) is 15.9 Å². The Hall–Kier alpha value is -3.79. The van der Waals surface area contributed by atoms with Crippen molar-refractivity contribution in [1.29, 1.82) is 0 Å². The highest BCUT2D eigenvalue weighted by Crippen LogP contribution is 2.15. The van der Waals surface area contributed by atoms with Crippen molar-refractivity contribution < 1.29 is 24.6 Å². The van der Waals surface area contributed by atoms with Crippen LogP contribution in [0.2, 0.25) is 0 Å². The number of amides is 1. The third-order valence-corrected chi connectivity index (χ3v) is 2.92. The lowest BCUT2D eigenvalue weighted by molar-refractivity contribution is -0.111. The van der Waals surface area contributed by atoms with E-state index in [0.29, 0.717) is 11.3 Å². The van der Waals surface area contributed by atoms with E-state index in [0.717, 1.165) is 18.2 Å². The Morgan fingerprint density at radius 3 is 1.96 bits per heavy atom. The number of carboxylic acid groups (broad SMARTS) is 2. The number of carboxylic acids is 2. The summed E-state index contributed by atoms with van der Waals surface area (Å²) in [5, 5.41) is 20.3. The summed E-state index contributed by atoms with van der Waals surface area (Å²) in [6.07, 6.45) is 0. The number of anilines is 2. The fourth-order valence-corrected chi connectivity index (χ4v) is 1.80. The molecule has 0 heterocycles. The molecule has 0 bridgehead atoms. The van der Waals surface area contributed by atoms with Crippen LogP contribution in [-0.4, -0.2) is 28.1 Å². The molecule has 0 atom stereocenters. The Morgan fingerprint density at radius 2 is 1.46 bits per heavy atom. The first-order valence-electron chi connectivity index (χ1n) is 6.65. The van der Waals surface area contributed by atoms with E-state index >= 15 is 0 Å². The van der Waals surface area contributed by atoms with E-state index in [9.17, 15) is 14.4 Å². The number of carbonyl (C=O) groups is 3. The van der Waals surface area contributed by atoms with Gasteiger partial charge in [0, 0.05) is 22.9 Å². The maximum atomic E-state index is 11.8. The van der Waals surface area contributed by atoms with E-state index in [2.05, 4.69) is 17.2 Å². The van der Waals surface area contributed by atoms with Gasteiger partial charge in [-0.2, -0.15) is 0 Å². The lowest BCUT2D eigenvalue weighted by Gasteiger charge is -2.05. The van der Waals surface area contributed by atoms with Crippen molar-refractivity contribution >= 4 is 29.2 Å². The van der Waals surface area contributed by atoms with E-state index in [-0.39, 0.29) is 16.8 Å². The Bertz CT molecular complexity index is 844. The van der Waals surface area contributed by atoms with Gasteiger partial charge in [-0.1, -0.05) is 5.92 Å². The number of benzene rings is 2. The second kappa shape index (κ2) is 6.98. The van der Waals surface area contributed by atoms with Crippen LogP contribution < -0.4 is 11.1 Å². The van der Waals surface area contributed by atoms with Crippen molar-refractivity contribution in [2.24, 2.45) is 0 Å². The van der Waals surface area contributed by atoms with Crippen molar-refractivity contribution in [1.82, 2.24) is 0 Å². The van der Waals surface area contributed by atoms with Gasteiger partial charge in [-0.05, 0) is 42.5 Å². The zero-order valence-corrected chi connectivity index (χ0v) is 12.2. The van der Waals surface area contributed by atoms with Gasteiger partial charge >= 0.3 is 17.8 Å². The van der Waals surface area contributed by atoms with E-state index in [1.807, 2.05) is 0 Å². The molecule has 7 nitrogen and oxygen atoms in total. The molecule has 0 saturated carbocycles. The summed E-state index contributed by atoms with van der Waals surface area (Å²) in [6.45, 7) is 0. The number of aromatic carboxylic acids is 2. The van der Waals surface area contributed by atoms with Gasteiger partial charge in [0.05, 0.1) is 11.1 Å². The minimum Gasteiger partial charge on any atom is -0.478 e. The largest absolute Gasteiger partial charge is 0.478 e. The molecule has 2 rings (SSSR count). The van der Waals surface area contributed by atoms with Crippen molar-refractivity contribution in [3.63, 3.8) is 0 Å². The van der Waals surface area contributed by atoms with Gasteiger partial charge in [-0.15, -0.1) is 0 Å². The van der Waals surface area contributed by atoms with Gasteiger partial charge < -0.3 is 21.3 Å². The van der Waals surface area contributed by atoms with E-state index in [1.165, 1.54) is 0 Å². The van der Waals surface area contributed by atoms with Gasteiger partial charge in [0.1, 0.15) is 0 Å². The molecule has 7 heteroatoms. The van der Waals surface area contributed by atoms with Gasteiger partial charge in [0.2, 0.25) is 0 Å². The summed E-state index contributed by atoms with van der Waals surface area (Å²) in [5.41, 5.74) is 6.20. The van der Waals surface area contributed by atoms with E-state index < -0.39 is 17.8 Å². The van der Waals surface area contributed by atoms with Crippen LogP contribution >= 0.6 is 0 Å². The molecule has 0 aliphatic rings. The quantitative estimate of drug-likeness (QED) is 0.502. The third kappa shape index (κ3) is 4.35. The first kappa shape index (κ1) is 16.6. The predicted octanol–water partition coefficient (Wildman–Crippen LogP) is 1.66. The molecule has 120 valence electrons. The number of carbonyl (C=O) groups excluding carboxylic acids is 1. The van der Waals surface area contributed by atoms with Crippen molar-refractivity contribution in [3.05, 3.63) is 59.2 Å². The third-order valence-electron chi connectivity index (χ3n) is 2.92. The molecule has 0 aliphatic carbocycles. The SMILES string of the molecule is Nc1ccc(C#CC(=O)Nc2cc(C(=O)O)cc(C(=O)O)c2)cc1. The van der Waals surface area contributed by atoms with Crippen LogP contribution in [0.1, 0.15) is 26.3 Å². The summed E-state index contributed by atoms with van der Waals surface area (Å²) in [5.74, 6) is 1.63. The molecule has 0 unspecified atom stereocenters. The highest BCUT2D eigenvalue weighted by Gasteiger charge is 2.12. The monoisotopic (exact) mass is 324 g/mol. The zero-order valence-electron chi connectivity index (χ0n) is 12.2. The minimum absolute atomic E-state index is 0.0314. The van der Waals surface area contributed by atoms with Crippen LogP contribution in [0.3, 0.4) is 0 Å². The minimum atomic E-state index is -1.30. The van der Waals surface area contributed by atoms with Gasteiger partial charge in [-0.3, -0.25) is 4.79 Å². The van der Waals surface area contributed by atoms with Crippen molar-refractivity contribution in [2.45, 2.75) is 0 Å². The van der Waals surface area contributed by atoms with Gasteiger partial charge in [0.25, 0.3) is 0 Å². The van der Waals surface area contributed by atoms with Crippen molar-refractivity contribution in [3.8, 4) is 11.8 Å². The summed E-state index contributed by atoms with van der Waals surface area (Å²) in [4.78, 5) is 33.8. The fraction of sp³-hybridized carbons (Fsp3) is 0. The molecule has 0 saturated heterocycles. The Kier molecular flexibility index (Phi) is 4.82. The summed E-state index contributed by atoms with van der Waals surface area (Å²) < 4.78 is 0. The molecule has 1 amide bonds. The topological polar surface area (TPSA) is 130 Å². The van der Waals surface area contributed by atoms with Gasteiger partial charge in [0.15, 0.2) is 0 Å². The van der Waals surface area contributed by atoms with Crippen LogP contribution in [0.15, 0.2) is 42.5 Å². The van der Waals surface area contributed by atoms with Crippen LogP contribution in [0.25, 0.3) is 0 Å². The zero-order chi connectivity index (χ0) is 17.7. The molecule has 0 fully saturated rings. The van der Waals surface area contributed by atoms with Crippen LogP contribution in [-0.2, 0) is 4.79 Å². The lowest BCUT2D eigenvalue weighted by atomic mass is 10.1. The maximum absolute atomic E-state index is 11.8. The average Bonchev–Trinajstić information content (AvgIpc) is 2.54. The fourth-order valence-electron chi connectivity index (χ4n) is 1.80. The Balaban J connectivity index is 2.21. The standard InChI is InChI=1S/C17H12N2O5/c18-13-4-1-10(2-5-13)3-6-15(20)19-14-8-11(16(21)22)7-12(9-14)17(23)24/h1-2,4-5,7-9H,18H2,(H,19,20)(H,21,22)(H,23,24). The number of nitrogen functional groups attached to an aromatic ring is 1. The van der Waals surface area contributed by atoms with Gasteiger partial charge in [-0.25, -0.2) is 9.59 Å². The van der Waals surface area contributed by atoms with Crippen LogP contribution in [0, 0.1) is 11.8 Å². The molecular formula is C17H12N2O5. The molecule has 2 aromatic carbocycles. The molecule has 0 aliphatic heterocycles. The average molecular weight is 324 g/mol. The molecular weight excluding hydrogens is 312 g/mol. The van der Waals surface area contributed by atoms with E-state index in [1.54, 1.807) is 24.3 Å². The lowest BCUT2D eigenvalue weighted by Crippen LogP contribution is -2.11. The molecule has 5 N–H and O–H groups in total. The molecule has 0 aromatic heterocycles. The molecule has 0 spiro atoms. The summed E-state index contributed by atoms with van der Waals surface area (Å²) in [7, 11) is 0. The smallest absolute Gasteiger partial charge is 0.335 e. The Labute approximate surface area is 136 Å². The van der Waals surface area contributed by atoms with Crippen LogP contribution in [0.5, 0.6) is 0 Å². The number of hydrogen-bond donors (Lipinski definition) is 4. The number of hydrogen-bond acceptors (Lipinski definition) is 4.